The van der Waals surface area contributed by atoms with Gasteiger partial charge in [-0.05, 0) is 12.1 Å². The van der Waals surface area contributed by atoms with Crippen LogP contribution in [0.4, 0.5) is 5.82 Å². The predicted octanol–water partition coefficient (Wildman–Crippen LogP) is 3.18. The van der Waals surface area contributed by atoms with Crippen molar-refractivity contribution in [3.8, 4) is 5.69 Å². The van der Waals surface area contributed by atoms with Gasteiger partial charge in [0.05, 0.1) is 5.69 Å². The first kappa shape index (κ1) is 13.2. The molecule has 0 unspecified atom stereocenters. The van der Waals surface area contributed by atoms with Crippen molar-refractivity contribution in [3.63, 3.8) is 0 Å². The van der Waals surface area contributed by atoms with Crippen molar-refractivity contribution in [2.75, 3.05) is 5.32 Å². The van der Waals surface area contributed by atoms with Gasteiger partial charge in [0.15, 0.2) is 5.82 Å². The fourth-order valence-corrected chi connectivity index (χ4v) is 1.44. The zero-order valence-electron chi connectivity index (χ0n) is 8.98. The van der Waals surface area contributed by atoms with Crippen LogP contribution in [0.15, 0.2) is 42.6 Å². The number of hydrogen-bond donors (Lipinski definition) is 1. The van der Waals surface area contributed by atoms with Crippen molar-refractivity contribution in [1.82, 2.24) is 9.78 Å². The SMILES string of the molecule is O=C(Nc1ccn(-c2ccccc2)n1)C(Cl)(Cl)Cl. The summed E-state index contributed by atoms with van der Waals surface area (Å²) in [5, 5.41) is 6.55. The molecule has 94 valence electrons. The van der Waals surface area contributed by atoms with Crippen LogP contribution in [0.3, 0.4) is 0 Å². The Labute approximate surface area is 118 Å². The molecule has 1 aromatic heterocycles. The van der Waals surface area contributed by atoms with Crippen molar-refractivity contribution >= 4 is 46.5 Å². The van der Waals surface area contributed by atoms with Crippen LogP contribution in [0.1, 0.15) is 0 Å². The molecule has 0 radical (unpaired) electrons. The maximum atomic E-state index is 11.4. The molecule has 18 heavy (non-hydrogen) atoms. The molecule has 2 rings (SSSR count). The van der Waals surface area contributed by atoms with Crippen LogP contribution in [-0.4, -0.2) is 19.5 Å². The van der Waals surface area contributed by atoms with E-state index in [0.29, 0.717) is 5.82 Å². The van der Waals surface area contributed by atoms with Crippen LogP contribution in [0.5, 0.6) is 0 Å². The number of hydrogen-bond acceptors (Lipinski definition) is 2. The molecular weight excluding hydrogens is 296 g/mol. The van der Waals surface area contributed by atoms with E-state index >= 15 is 0 Å². The number of amides is 1. The molecule has 0 aliphatic rings. The van der Waals surface area contributed by atoms with Crippen LogP contribution in [0, 0.1) is 0 Å². The van der Waals surface area contributed by atoms with Crippen molar-refractivity contribution < 1.29 is 4.79 Å². The highest BCUT2D eigenvalue weighted by Gasteiger charge is 2.31. The quantitative estimate of drug-likeness (QED) is 0.866. The van der Waals surface area contributed by atoms with E-state index in [0.717, 1.165) is 5.69 Å². The lowest BCUT2D eigenvalue weighted by molar-refractivity contribution is -0.115. The number of rotatable bonds is 2. The molecule has 0 aliphatic carbocycles. The minimum Gasteiger partial charge on any atom is -0.305 e. The van der Waals surface area contributed by atoms with Crippen LogP contribution in [-0.2, 0) is 4.79 Å². The molecule has 0 saturated heterocycles. The molecule has 1 amide bonds. The number of nitrogens with zero attached hydrogens (tertiary/aromatic N) is 2. The summed E-state index contributed by atoms with van der Waals surface area (Å²) in [6.45, 7) is 0. The summed E-state index contributed by atoms with van der Waals surface area (Å²) in [6.07, 6.45) is 1.70. The van der Waals surface area contributed by atoms with Gasteiger partial charge in [-0.25, -0.2) is 4.68 Å². The van der Waals surface area contributed by atoms with E-state index in [-0.39, 0.29) is 0 Å². The number of anilines is 1. The van der Waals surface area contributed by atoms with E-state index in [1.54, 1.807) is 16.9 Å². The van der Waals surface area contributed by atoms with Gasteiger partial charge in [-0.1, -0.05) is 53.0 Å². The fraction of sp³-hybridized carbons (Fsp3) is 0.0909. The molecule has 0 atom stereocenters. The molecule has 0 bridgehead atoms. The number of halogens is 3. The van der Waals surface area contributed by atoms with Crippen LogP contribution in [0.25, 0.3) is 5.69 Å². The van der Waals surface area contributed by atoms with Crippen LogP contribution < -0.4 is 5.32 Å². The molecule has 7 heteroatoms. The topological polar surface area (TPSA) is 46.9 Å². The highest BCUT2D eigenvalue weighted by molar-refractivity contribution is 6.76. The normalized spacial score (nSPS) is 11.3. The summed E-state index contributed by atoms with van der Waals surface area (Å²) in [5.41, 5.74) is 0.867. The van der Waals surface area contributed by atoms with Gasteiger partial charge in [0.25, 0.3) is 9.70 Å². The third kappa shape index (κ3) is 3.16. The fourth-order valence-electron chi connectivity index (χ4n) is 1.30. The standard InChI is InChI=1S/C11H8Cl3N3O/c12-11(13,14)10(18)15-9-6-7-17(16-9)8-4-2-1-3-5-8/h1-7H,(H,15,16,18). The van der Waals surface area contributed by atoms with E-state index < -0.39 is 9.70 Å². The second kappa shape index (κ2) is 5.18. The largest absolute Gasteiger partial charge is 0.305 e. The lowest BCUT2D eigenvalue weighted by Gasteiger charge is -2.09. The van der Waals surface area contributed by atoms with Gasteiger partial charge in [0.2, 0.25) is 0 Å². The predicted molar refractivity (Wildman–Crippen MR) is 72.5 cm³/mol. The van der Waals surface area contributed by atoms with Crippen LogP contribution >= 0.6 is 34.8 Å². The third-order valence-electron chi connectivity index (χ3n) is 2.11. The first-order valence-electron chi connectivity index (χ1n) is 4.96. The number of nitrogens with one attached hydrogen (secondary N) is 1. The summed E-state index contributed by atoms with van der Waals surface area (Å²) >= 11 is 16.3. The molecule has 0 aliphatic heterocycles. The highest BCUT2D eigenvalue weighted by atomic mass is 35.6. The van der Waals surface area contributed by atoms with E-state index in [4.69, 9.17) is 34.8 Å². The summed E-state index contributed by atoms with van der Waals surface area (Å²) in [4.78, 5) is 11.4. The second-order valence-electron chi connectivity index (χ2n) is 3.43. The van der Waals surface area contributed by atoms with Crippen molar-refractivity contribution in [3.05, 3.63) is 42.6 Å². The second-order valence-corrected chi connectivity index (χ2v) is 5.71. The Balaban J connectivity index is 2.15. The molecule has 1 N–H and O–H groups in total. The van der Waals surface area contributed by atoms with Gasteiger partial charge >= 0.3 is 0 Å². The minimum atomic E-state index is -2.00. The molecule has 1 aromatic carbocycles. The molecule has 0 saturated carbocycles. The lowest BCUT2D eigenvalue weighted by atomic mass is 10.3. The summed E-state index contributed by atoms with van der Waals surface area (Å²) < 4.78 is -0.398. The van der Waals surface area contributed by atoms with E-state index in [1.807, 2.05) is 30.3 Å². The van der Waals surface area contributed by atoms with Crippen molar-refractivity contribution in [1.29, 1.82) is 0 Å². The van der Waals surface area contributed by atoms with E-state index in [1.165, 1.54) is 0 Å². The molecule has 0 spiro atoms. The maximum Gasteiger partial charge on any atom is 0.277 e. The first-order chi connectivity index (χ1) is 8.47. The Morgan fingerprint density at radius 3 is 2.44 bits per heavy atom. The Kier molecular flexibility index (Phi) is 3.80. The molecule has 1 heterocycles. The number of carbonyl (C=O) groups excluding carboxylic acids is 1. The number of benzene rings is 1. The maximum absolute atomic E-state index is 11.4. The van der Waals surface area contributed by atoms with Gasteiger partial charge in [-0.15, -0.1) is 0 Å². The van der Waals surface area contributed by atoms with Crippen molar-refractivity contribution in [2.45, 2.75) is 3.79 Å². The Bertz CT molecular complexity index is 548. The van der Waals surface area contributed by atoms with Gasteiger partial charge in [0.1, 0.15) is 0 Å². The number of para-hydroxylation sites is 1. The summed E-state index contributed by atoms with van der Waals surface area (Å²) in [6, 6.07) is 11.0. The molecule has 4 nitrogen and oxygen atoms in total. The Morgan fingerprint density at radius 2 is 1.83 bits per heavy atom. The monoisotopic (exact) mass is 303 g/mol. The van der Waals surface area contributed by atoms with Gasteiger partial charge < -0.3 is 5.32 Å². The van der Waals surface area contributed by atoms with Crippen molar-refractivity contribution in [2.24, 2.45) is 0 Å². The molecular formula is C11H8Cl3N3O. The highest BCUT2D eigenvalue weighted by Crippen LogP contribution is 2.27. The molecule has 0 fully saturated rings. The number of aromatic nitrogens is 2. The number of alkyl halides is 3. The van der Waals surface area contributed by atoms with E-state index in [2.05, 4.69) is 10.4 Å². The Morgan fingerprint density at radius 1 is 1.17 bits per heavy atom. The third-order valence-corrected chi connectivity index (χ3v) is 2.62. The zero-order chi connectivity index (χ0) is 13.2. The van der Waals surface area contributed by atoms with Gasteiger partial charge in [-0.3, -0.25) is 4.79 Å². The minimum absolute atomic E-state index is 0.315. The van der Waals surface area contributed by atoms with Crippen LogP contribution in [0.2, 0.25) is 0 Å². The summed E-state index contributed by atoms with van der Waals surface area (Å²) in [7, 11) is 0. The summed E-state index contributed by atoms with van der Waals surface area (Å²) in [5.74, 6) is -0.430. The lowest BCUT2D eigenvalue weighted by Crippen LogP contribution is -2.27. The smallest absolute Gasteiger partial charge is 0.277 e. The first-order valence-corrected chi connectivity index (χ1v) is 6.09. The van der Waals surface area contributed by atoms with E-state index in [9.17, 15) is 4.79 Å². The van der Waals surface area contributed by atoms with Gasteiger partial charge in [0, 0.05) is 12.3 Å². The Hall–Kier alpha value is -1.23. The number of carbonyl (C=O) groups is 1. The van der Waals surface area contributed by atoms with Gasteiger partial charge in [-0.2, -0.15) is 5.10 Å². The average Bonchev–Trinajstić information content (AvgIpc) is 2.77. The average molecular weight is 305 g/mol. The zero-order valence-corrected chi connectivity index (χ0v) is 11.2. The molecule has 2 aromatic rings.